The number of rotatable bonds is 2. The highest BCUT2D eigenvalue weighted by Gasteiger charge is 2.28. The van der Waals surface area contributed by atoms with Gasteiger partial charge in [0.25, 0.3) is 0 Å². The Morgan fingerprint density at radius 2 is 1.26 bits per heavy atom. The normalized spacial score (nSPS) is 11.3. The van der Waals surface area contributed by atoms with Crippen molar-refractivity contribution in [3.8, 4) is 10.6 Å². The minimum Gasteiger partial charge on any atom is -0.497 e. The minimum absolute atomic E-state index is 0.293. The summed E-state index contributed by atoms with van der Waals surface area (Å²) < 4.78 is 7.80. The fourth-order valence-corrected chi connectivity index (χ4v) is 6.26. The van der Waals surface area contributed by atoms with Gasteiger partial charge in [-0.25, -0.2) is 0 Å². The van der Waals surface area contributed by atoms with Crippen LogP contribution in [-0.4, -0.2) is 7.11 Å². The molecule has 0 aliphatic carbocycles. The Bertz CT molecular complexity index is 960. The van der Waals surface area contributed by atoms with E-state index >= 15 is 0 Å². The molecule has 1 nitrogen and oxygen atoms in total. The average Bonchev–Trinajstić information content (AvgIpc) is 2.89. The van der Waals surface area contributed by atoms with E-state index < -0.39 is 0 Å². The topological polar surface area (TPSA) is 9.23 Å². The van der Waals surface area contributed by atoms with E-state index in [0.717, 1.165) is 4.90 Å². The molecule has 23 heavy (non-hydrogen) atoms. The van der Waals surface area contributed by atoms with Gasteiger partial charge in [0.05, 0.1) is 7.11 Å². The van der Waals surface area contributed by atoms with Crippen LogP contribution in [0.5, 0.6) is 5.75 Å². The van der Waals surface area contributed by atoms with E-state index in [1.165, 1.54) is 20.2 Å². The lowest BCUT2D eigenvalue weighted by Gasteiger charge is -2.04. The summed E-state index contributed by atoms with van der Waals surface area (Å²) in [5.41, 5.74) is 0. The highest BCUT2D eigenvalue weighted by molar-refractivity contribution is 7.51. The highest BCUT2D eigenvalue weighted by Crippen LogP contribution is 2.53. The molecule has 1 aromatic heterocycles. The number of hydrogen-bond donors (Lipinski definition) is 0. The molecule has 4 heteroatoms. The zero-order valence-electron chi connectivity index (χ0n) is 12.3. The molecule has 0 saturated carbocycles. The first-order valence-corrected chi connectivity index (χ1v) is 9.14. The van der Waals surface area contributed by atoms with Crippen molar-refractivity contribution >= 4 is 53.8 Å². The van der Waals surface area contributed by atoms with Crippen LogP contribution in [0.15, 0.2) is 60.7 Å². The van der Waals surface area contributed by atoms with Crippen LogP contribution < -0.4 is 4.74 Å². The largest absolute Gasteiger partial charge is 0.497 e. The molecule has 0 atom stereocenters. The molecule has 3 aromatic carbocycles. The second-order valence-corrected chi connectivity index (χ2v) is 7.93. The zero-order valence-corrected chi connectivity index (χ0v) is 14.7. The zero-order chi connectivity index (χ0) is 16.0. The SMILES string of the molecule is COc1cc(Cl)c(-[s+]2c3ccccc3c3ccccc32)c(Cl)c1. The molecule has 114 valence electrons. The number of hydrogen-bond acceptors (Lipinski definition) is 1. The molecule has 0 amide bonds. The van der Waals surface area contributed by atoms with Crippen molar-refractivity contribution in [1.82, 2.24) is 0 Å². The third-order valence-corrected chi connectivity index (χ3v) is 7.18. The van der Waals surface area contributed by atoms with Gasteiger partial charge in [-0.3, -0.25) is 0 Å². The molecule has 0 radical (unpaired) electrons. The number of halogens is 2. The van der Waals surface area contributed by atoms with Crippen LogP contribution in [0.25, 0.3) is 25.1 Å². The summed E-state index contributed by atoms with van der Waals surface area (Å²) in [6.45, 7) is 0. The maximum atomic E-state index is 6.57. The van der Waals surface area contributed by atoms with Crippen molar-refractivity contribution in [2.75, 3.05) is 7.11 Å². The number of thiophene rings is 1. The third kappa shape index (κ3) is 2.29. The quantitative estimate of drug-likeness (QED) is 0.348. The molecule has 4 rings (SSSR count). The second-order valence-electron chi connectivity index (χ2n) is 5.22. The molecule has 0 spiro atoms. The number of benzene rings is 3. The molecular weight excluding hydrogens is 347 g/mol. The van der Waals surface area contributed by atoms with Crippen molar-refractivity contribution in [3.05, 3.63) is 70.7 Å². The summed E-state index contributed by atoms with van der Waals surface area (Å²) in [6.07, 6.45) is 0. The Hall–Kier alpha value is -1.74. The Balaban J connectivity index is 2.17. The van der Waals surface area contributed by atoms with Crippen molar-refractivity contribution < 1.29 is 4.74 Å². The Kier molecular flexibility index (Phi) is 3.68. The van der Waals surface area contributed by atoms with E-state index in [0.29, 0.717) is 15.8 Å². The van der Waals surface area contributed by atoms with E-state index in [9.17, 15) is 0 Å². The first-order valence-electron chi connectivity index (χ1n) is 7.16. The molecular formula is C19H13Cl2OS+. The lowest BCUT2D eigenvalue weighted by Crippen LogP contribution is -1.84. The standard InChI is InChI=1S/C19H13Cl2OS/c1-22-12-10-15(20)19(16(21)11-12)23-17-8-4-2-6-13(17)14-7-3-5-9-18(14)23/h2-11H,1H3/q+1. The fourth-order valence-electron chi connectivity index (χ4n) is 2.92. The van der Waals surface area contributed by atoms with E-state index in [1.807, 2.05) is 12.1 Å². The minimum atomic E-state index is -0.293. The van der Waals surface area contributed by atoms with E-state index in [1.54, 1.807) is 7.11 Å². The Labute approximate surface area is 147 Å². The highest BCUT2D eigenvalue weighted by atomic mass is 35.5. The van der Waals surface area contributed by atoms with Crippen LogP contribution in [-0.2, 0) is 0 Å². The molecule has 1 heterocycles. The molecule has 0 aliphatic rings. The van der Waals surface area contributed by atoms with Gasteiger partial charge in [0.2, 0.25) is 4.90 Å². The molecule has 0 unspecified atom stereocenters. The van der Waals surface area contributed by atoms with Crippen LogP contribution in [0.3, 0.4) is 0 Å². The van der Waals surface area contributed by atoms with Gasteiger partial charge in [0, 0.05) is 33.4 Å². The monoisotopic (exact) mass is 359 g/mol. The van der Waals surface area contributed by atoms with Crippen molar-refractivity contribution in [1.29, 1.82) is 0 Å². The summed E-state index contributed by atoms with van der Waals surface area (Å²) in [4.78, 5) is 0.964. The van der Waals surface area contributed by atoms with Gasteiger partial charge in [0.1, 0.15) is 15.8 Å². The predicted molar refractivity (Wildman–Crippen MR) is 102 cm³/mol. The van der Waals surface area contributed by atoms with Gasteiger partial charge in [-0.1, -0.05) is 47.5 Å². The third-order valence-electron chi connectivity index (χ3n) is 3.92. The Morgan fingerprint density at radius 3 is 1.74 bits per heavy atom. The van der Waals surface area contributed by atoms with Gasteiger partial charge in [-0.15, -0.1) is 0 Å². The van der Waals surface area contributed by atoms with Gasteiger partial charge >= 0.3 is 0 Å². The number of fused-ring (bicyclic) bond motifs is 3. The second kappa shape index (κ2) is 5.72. The average molecular weight is 360 g/mol. The van der Waals surface area contributed by atoms with Gasteiger partial charge in [-0.05, 0) is 24.3 Å². The van der Waals surface area contributed by atoms with E-state index in [4.69, 9.17) is 27.9 Å². The van der Waals surface area contributed by atoms with Crippen molar-refractivity contribution in [2.24, 2.45) is 0 Å². The van der Waals surface area contributed by atoms with Crippen LogP contribution >= 0.6 is 33.7 Å². The van der Waals surface area contributed by atoms with Crippen LogP contribution in [0.1, 0.15) is 0 Å². The van der Waals surface area contributed by atoms with Gasteiger partial charge < -0.3 is 4.74 Å². The predicted octanol–water partition coefficient (Wildman–Crippen LogP) is 7.05. The first kappa shape index (κ1) is 14.8. The smallest absolute Gasteiger partial charge is 0.217 e. The molecule has 0 aliphatic heterocycles. The van der Waals surface area contributed by atoms with Crippen molar-refractivity contribution in [2.45, 2.75) is 0 Å². The maximum Gasteiger partial charge on any atom is 0.217 e. The summed E-state index contributed by atoms with van der Waals surface area (Å²) >= 11 is 13.1. The molecule has 0 saturated heterocycles. The first-order chi connectivity index (χ1) is 11.2. The molecule has 0 fully saturated rings. The van der Waals surface area contributed by atoms with Crippen LogP contribution in [0, 0.1) is 0 Å². The summed E-state index contributed by atoms with van der Waals surface area (Å²) in [6, 6.07) is 20.6. The van der Waals surface area contributed by atoms with Crippen LogP contribution in [0.4, 0.5) is 0 Å². The fraction of sp³-hybridized carbons (Fsp3) is 0.0526. The van der Waals surface area contributed by atoms with E-state index in [2.05, 4.69) is 48.5 Å². The van der Waals surface area contributed by atoms with Crippen LogP contribution in [0.2, 0.25) is 10.0 Å². The molecule has 0 N–H and O–H groups in total. The van der Waals surface area contributed by atoms with Crippen molar-refractivity contribution in [3.63, 3.8) is 0 Å². The van der Waals surface area contributed by atoms with Gasteiger partial charge in [0.15, 0.2) is 9.40 Å². The summed E-state index contributed by atoms with van der Waals surface area (Å²) in [5, 5.41) is 3.80. The number of ether oxygens (including phenoxy) is 1. The Morgan fingerprint density at radius 1 is 0.783 bits per heavy atom. The summed E-state index contributed by atoms with van der Waals surface area (Å²) in [5.74, 6) is 0.674. The lowest BCUT2D eigenvalue weighted by atomic mass is 10.2. The van der Waals surface area contributed by atoms with E-state index in [-0.39, 0.29) is 10.5 Å². The summed E-state index contributed by atoms with van der Waals surface area (Å²) in [7, 11) is 1.32. The number of methoxy groups -OCH3 is 1. The lowest BCUT2D eigenvalue weighted by molar-refractivity contribution is 0.415. The van der Waals surface area contributed by atoms with Gasteiger partial charge in [-0.2, -0.15) is 0 Å². The maximum absolute atomic E-state index is 6.57. The molecule has 0 bridgehead atoms. The molecule has 4 aromatic rings.